The predicted molar refractivity (Wildman–Crippen MR) is 123 cm³/mol. The number of benzene rings is 3. The smallest absolute Gasteiger partial charge is 0.277 e. The summed E-state index contributed by atoms with van der Waals surface area (Å²) in [4.78, 5) is 15.3. The van der Waals surface area contributed by atoms with Crippen LogP contribution >= 0.6 is 27.5 Å². The van der Waals surface area contributed by atoms with Gasteiger partial charge >= 0.3 is 0 Å². The van der Waals surface area contributed by atoms with Gasteiger partial charge in [-0.2, -0.15) is 5.10 Å². The van der Waals surface area contributed by atoms with Gasteiger partial charge in [-0.15, -0.1) is 0 Å². The van der Waals surface area contributed by atoms with Gasteiger partial charge in [0.1, 0.15) is 5.69 Å². The average molecular weight is 479 g/mol. The molecule has 0 radical (unpaired) electrons. The number of aromatic nitrogens is 2. The highest BCUT2D eigenvalue weighted by atomic mass is 79.9. The van der Waals surface area contributed by atoms with Crippen molar-refractivity contribution in [3.05, 3.63) is 105 Å². The molecule has 5 rings (SSSR count). The molecule has 30 heavy (non-hydrogen) atoms. The van der Waals surface area contributed by atoms with Gasteiger partial charge in [0.25, 0.3) is 5.91 Å². The molecular formula is C24H17BrClN3O. The summed E-state index contributed by atoms with van der Waals surface area (Å²) in [5.41, 5.74) is 5.86. The van der Waals surface area contributed by atoms with E-state index in [1.54, 1.807) is 4.90 Å². The van der Waals surface area contributed by atoms with Crippen LogP contribution in [0.25, 0.3) is 11.3 Å². The lowest BCUT2D eigenvalue weighted by atomic mass is 9.96. The van der Waals surface area contributed by atoms with Gasteiger partial charge in [0.15, 0.2) is 0 Å². The van der Waals surface area contributed by atoms with Gasteiger partial charge in [0, 0.05) is 26.3 Å². The molecule has 1 atom stereocenters. The Labute approximate surface area is 187 Å². The van der Waals surface area contributed by atoms with E-state index in [0.717, 1.165) is 38.1 Å². The number of anilines is 1. The van der Waals surface area contributed by atoms with E-state index in [4.69, 9.17) is 11.6 Å². The van der Waals surface area contributed by atoms with E-state index in [1.165, 1.54) is 0 Å². The van der Waals surface area contributed by atoms with Crippen LogP contribution in [0.3, 0.4) is 0 Å². The molecule has 0 fully saturated rings. The molecule has 0 spiro atoms. The van der Waals surface area contributed by atoms with Crippen molar-refractivity contribution in [3.8, 4) is 11.3 Å². The summed E-state index contributed by atoms with van der Waals surface area (Å²) >= 11 is 10.1. The molecule has 0 saturated carbocycles. The molecule has 1 aliphatic heterocycles. The second kappa shape index (κ2) is 7.42. The number of aromatic amines is 1. The van der Waals surface area contributed by atoms with Crippen molar-refractivity contribution >= 4 is 39.1 Å². The number of nitrogens with zero attached hydrogens (tertiary/aromatic N) is 2. The zero-order valence-electron chi connectivity index (χ0n) is 16.1. The maximum absolute atomic E-state index is 13.5. The second-order valence-electron chi connectivity index (χ2n) is 7.30. The minimum atomic E-state index is -0.374. The number of carbonyl (C=O) groups is 1. The first-order valence-corrected chi connectivity index (χ1v) is 10.7. The van der Waals surface area contributed by atoms with Crippen LogP contribution in [0.2, 0.25) is 5.02 Å². The van der Waals surface area contributed by atoms with Gasteiger partial charge in [-0.05, 0) is 42.8 Å². The molecule has 4 nitrogen and oxygen atoms in total. The molecule has 1 aliphatic rings. The highest BCUT2D eigenvalue weighted by molar-refractivity contribution is 9.10. The van der Waals surface area contributed by atoms with Gasteiger partial charge in [-0.3, -0.25) is 14.8 Å². The van der Waals surface area contributed by atoms with E-state index < -0.39 is 0 Å². The molecule has 0 bridgehead atoms. The fourth-order valence-electron chi connectivity index (χ4n) is 3.94. The topological polar surface area (TPSA) is 49.0 Å². The molecule has 0 saturated heterocycles. The summed E-state index contributed by atoms with van der Waals surface area (Å²) < 4.78 is 0.985. The Balaban J connectivity index is 1.74. The minimum Gasteiger partial charge on any atom is -0.295 e. The van der Waals surface area contributed by atoms with Crippen LogP contribution in [0.1, 0.15) is 33.2 Å². The lowest BCUT2D eigenvalue weighted by Gasteiger charge is -2.27. The number of rotatable bonds is 3. The Morgan fingerprint density at radius 1 is 1.00 bits per heavy atom. The lowest BCUT2D eigenvalue weighted by Crippen LogP contribution is -2.29. The van der Waals surface area contributed by atoms with Crippen molar-refractivity contribution in [1.29, 1.82) is 0 Å². The largest absolute Gasteiger partial charge is 0.295 e. The molecule has 4 aromatic rings. The average Bonchev–Trinajstić information content (AvgIpc) is 3.29. The predicted octanol–water partition coefficient (Wildman–Crippen LogP) is 6.55. The number of aryl methyl sites for hydroxylation is 1. The SMILES string of the molecule is Cc1ccc(N2C(=O)c3[nH]nc(-c4ccc(Br)cc4)c3C2c2ccccc2Cl)cc1. The summed E-state index contributed by atoms with van der Waals surface area (Å²) in [5.74, 6) is -0.116. The molecule has 0 aliphatic carbocycles. The third-order valence-electron chi connectivity index (χ3n) is 5.40. The van der Waals surface area contributed by atoms with Gasteiger partial charge in [0.05, 0.1) is 11.7 Å². The van der Waals surface area contributed by atoms with Crippen LogP contribution in [-0.4, -0.2) is 16.1 Å². The number of fused-ring (bicyclic) bond motifs is 1. The van der Waals surface area contributed by atoms with E-state index in [-0.39, 0.29) is 11.9 Å². The Hall–Kier alpha value is -2.89. The maximum atomic E-state index is 13.5. The Morgan fingerprint density at radius 3 is 2.40 bits per heavy atom. The highest BCUT2D eigenvalue weighted by Gasteiger charge is 2.43. The first-order chi connectivity index (χ1) is 14.5. The van der Waals surface area contributed by atoms with Crippen LogP contribution in [0.5, 0.6) is 0 Å². The van der Waals surface area contributed by atoms with E-state index >= 15 is 0 Å². The van der Waals surface area contributed by atoms with Crippen LogP contribution < -0.4 is 4.90 Å². The van der Waals surface area contributed by atoms with E-state index in [1.807, 2.05) is 79.7 Å². The number of hydrogen-bond donors (Lipinski definition) is 1. The zero-order valence-corrected chi connectivity index (χ0v) is 18.4. The van der Waals surface area contributed by atoms with Gasteiger partial charge in [-0.25, -0.2) is 0 Å². The summed E-state index contributed by atoms with van der Waals surface area (Å²) in [6.07, 6.45) is 0. The summed E-state index contributed by atoms with van der Waals surface area (Å²) in [6, 6.07) is 23.1. The number of nitrogens with one attached hydrogen (secondary N) is 1. The first-order valence-electron chi connectivity index (χ1n) is 9.53. The molecule has 1 amide bonds. The van der Waals surface area contributed by atoms with Gasteiger partial charge in [-0.1, -0.05) is 75.6 Å². The summed E-state index contributed by atoms with van der Waals surface area (Å²) in [6.45, 7) is 2.03. The second-order valence-corrected chi connectivity index (χ2v) is 8.63. The molecule has 2 heterocycles. The van der Waals surface area contributed by atoms with Crippen molar-refractivity contribution in [3.63, 3.8) is 0 Å². The van der Waals surface area contributed by atoms with Gasteiger partial charge < -0.3 is 0 Å². The third-order valence-corrected chi connectivity index (χ3v) is 6.27. The van der Waals surface area contributed by atoms with Crippen molar-refractivity contribution < 1.29 is 4.79 Å². The number of H-pyrrole nitrogens is 1. The molecule has 148 valence electrons. The molecular weight excluding hydrogens is 462 g/mol. The van der Waals surface area contributed by atoms with Crippen molar-refractivity contribution in [2.24, 2.45) is 0 Å². The van der Waals surface area contributed by atoms with Crippen LogP contribution in [0.15, 0.2) is 77.3 Å². The maximum Gasteiger partial charge on any atom is 0.277 e. The first kappa shape index (κ1) is 19.1. The number of carbonyl (C=O) groups excluding carboxylic acids is 1. The number of hydrogen-bond acceptors (Lipinski definition) is 2. The molecule has 1 N–H and O–H groups in total. The molecule has 3 aromatic carbocycles. The van der Waals surface area contributed by atoms with Crippen molar-refractivity contribution in [2.45, 2.75) is 13.0 Å². The molecule has 6 heteroatoms. The fourth-order valence-corrected chi connectivity index (χ4v) is 4.44. The summed E-state index contributed by atoms with van der Waals surface area (Å²) in [5, 5.41) is 8.10. The van der Waals surface area contributed by atoms with Crippen LogP contribution in [0.4, 0.5) is 5.69 Å². The monoisotopic (exact) mass is 477 g/mol. The number of amides is 1. The van der Waals surface area contributed by atoms with Crippen LogP contribution in [0, 0.1) is 6.92 Å². The normalized spacial score (nSPS) is 15.5. The number of halogens is 2. The Kier molecular flexibility index (Phi) is 4.72. The third kappa shape index (κ3) is 3.06. The minimum absolute atomic E-state index is 0.116. The lowest BCUT2D eigenvalue weighted by molar-refractivity contribution is 0.0989. The Morgan fingerprint density at radius 2 is 1.70 bits per heavy atom. The van der Waals surface area contributed by atoms with Crippen molar-refractivity contribution in [1.82, 2.24) is 10.2 Å². The van der Waals surface area contributed by atoms with Crippen molar-refractivity contribution in [2.75, 3.05) is 4.90 Å². The van der Waals surface area contributed by atoms with E-state index in [9.17, 15) is 4.79 Å². The fraction of sp³-hybridized carbons (Fsp3) is 0.0833. The van der Waals surface area contributed by atoms with E-state index in [0.29, 0.717) is 10.7 Å². The zero-order chi connectivity index (χ0) is 20.8. The standard InChI is InChI=1S/C24H17BrClN3O/c1-14-6-12-17(13-7-14)29-23(18-4-2-3-5-19(18)26)20-21(27-28-22(20)24(29)30)15-8-10-16(25)11-9-15/h2-13,23H,1H3,(H,27,28). The Bertz CT molecular complexity index is 1250. The van der Waals surface area contributed by atoms with E-state index in [2.05, 4.69) is 26.1 Å². The molecule has 1 unspecified atom stereocenters. The molecule has 1 aromatic heterocycles. The van der Waals surface area contributed by atoms with Crippen LogP contribution in [-0.2, 0) is 0 Å². The van der Waals surface area contributed by atoms with Gasteiger partial charge in [0.2, 0.25) is 0 Å². The quantitative estimate of drug-likeness (QED) is 0.363. The highest BCUT2D eigenvalue weighted by Crippen LogP contribution is 2.46. The summed E-state index contributed by atoms with van der Waals surface area (Å²) in [7, 11) is 0.